The first-order valence-corrected chi connectivity index (χ1v) is 5.94. The number of hydrogen-bond donors (Lipinski definition) is 0. The van der Waals surface area contributed by atoms with Crippen LogP contribution in [0.5, 0.6) is 0 Å². The monoisotopic (exact) mass is 170 g/mol. The van der Waals surface area contributed by atoms with Gasteiger partial charge in [0.2, 0.25) is 0 Å². The molecule has 1 aliphatic rings. The zero-order valence-corrected chi connectivity index (χ0v) is 8.30. The van der Waals surface area contributed by atoms with Gasteiger partial charge in [-0.1, -0.05) is 30.2 Å². The van der Waals surface area contributed by atoms with E-state index in [4.69, 9.17) is 7.85 Å². The molecule has 0 spiro atoms. The standard InChI is InChI=1S/C10H11BSi/c1-12-10-5-2-7-6-8(11)3-4-9(7)10/h3-4,6,10H,2,5H2,1H3. The first kappa shape index (κ1) is 8.12. The predicted octanol–water partition coefficient (Wildman–Crippen LogP) is 1.22. The zero-order valence-electron chi connectivity index (χ0n) is 7.30. The molecule has 1 aromatic carbocycles. The van der Waals surface area contributed by atoms with E-state index in [2.05, 4.69) is 18.7 Å². The number of hydrogen-bond acceptors (Lipinski definition) is 0. The van der Waals surface area contributed by atoms with Crippen molar-refractivity contribution in [3.63, 3.8) is 0 Å². The van der Waals surface area contributed by atoms with Crippen molar-refractivity contribution >= 4 is 22.8 Å². The lowest BCUT2D eigenvalue weighted by molar-refractivity contribution is 0.873. The zero-order chi connectivity index (χ0) is 8.55. The summed E-state index contributed by atoms with van der Waals surface area (Å²) >= 11 is 0. The summed E-state index contributed by atoms with van der Waals surface area (Å²) < 4.78 is 0. The summed E-state index contributed by atoms with van der Waals surface area (Å²) in [7, 11) is 6.75. The first-order chi connectivity index (χ1) is 5.81. The Bertz CT molecular complexity index is 296. The normalized spacial score (nSPS) is 20.9. The topological polar surface area (TPSA) is 0 Å². The summed E-state index contributed by atoms with van der Waals surface area (Å²) in [5.74, 6) is 0. The maximum Gasteiger partial charge on any atom is 0.113 e. The molecule has 2 heteroatoms. The van der Waals surface area contributed by atoms with Crippen molar-refractivity contribution in [1.29, 1.82) is 0 Å². The second-order valence-corrected chi connectivity index (χ2v) is 4.61. The highest BCUT2D eigenvalue weighted by molar-refractivity contribution is 6.36. The van der Waals surface area contributed by atoms with E-state index in [9.17, 15) is 0 Å². The fourth-order valence-corrected chi connectivity index (χ4v) is 2.96. The van der Waals surface area contributed by atoms with E-state index in [1.54, 1.807) is 5.56 Å². The molecule has 1 unspecified atom stereocenters. The lowest BCUT2D eigenvalue weighted by Gasteiger charge is -2.07. The molecule has 0 heterocycles. The maximum absolute atomic E-state index is 5.72. The minimum absolute atomic E-state index is 0.820. The maximum atomic E-state index is 5.72. The van der Waals surface area contributed by atoms with Gasteiger partial charge in [0.1, 0.15) is 7.85 Å². The van der Waals surface area contributed by atoms with E-state index >= 15 is 0 Å². The van der Waals surface area contributed by atoms with E-state index in [1.165, 1.54) is 18.4 Å². The number of rotatable bonds is 1. The molecule has 1 aliphatic carbocycles. The van der Waals surface area contributed by atoms with Gasteiger partial charge in [0.05, 0.1) is 0 Å². The van der Waals surface area contributed by atoms with E-state index in [1.807, 2.05) is 6.07 Å². The van der Waals surface area contributed by atoms with Gasteiger partial charge < -0.3 is 0 Å². The molecule has 0 aromatic heterocycles. The molecule has 0 N–H and O–H groups in total. The minimum Gasteiger partial charge on any atom is -0.0964 e. The van der Waals surface area contributed by atoms with Crippen molar-refractivity contribution in [2.24, 2.45) is 0 Å². The van der Waals surface area contributed by atoms with Crippen molar-refractivity contribution in [3.05, 3.63) is 29.3 Å². The van der Waals surface area contributed by atoms with Gasteiger partial charge in [-0.3, -0.25) is 0 Å². The third-order valence-corrected chi connectivity index (χ3v) is 3.89. The summed E-state index contributed by atoms with van der Waals surface area (Å²) in [4.78, 5) is 0. The van der Waals surface area contributed by atoms with Crippen LogP contribution < -0.4 is 5.46 Å². The van der Waals surface area contributed by atoms with Crippen LogP contribution in [-0.2, 0) is 6.42 Å². The molecule has 1 atom stereocenters. The number of aryl methyl sites for hydroxylation is 1. The van der Waals surface area contributed by atoms with E-state index < -0.39 is 0 Å². The highest BCUT2D eigenvalue weighted by Gasteiger charge is 2.20. The Hall–Kier alpha value is -0.498. The molecule has 0 saturated heterocycles. The van der Waals surface area contributed by atoms with Crippen LogP contribution in [0.4, 0.5) is 0 Å². The van der Waals surface area contributed by atoms with Gasteiger partial charge in [0.25, 0.3) is 0 Å². The first-order valence-electron chi connectivity index (χ1n) is 4.37. The average Bonchev–Trinajstić information content (AvgIpc) is 2.46. The Labute approximate surface area is 77.6 Å². The molecule has 0 saturated carbocycles. The van der Waals surface area contributed by atoms with Crippen molar-refractivity contribution in [2.75, 3.05) is 0 Å². The Morgan fingerprint density at radius 3 is 3.08 bits per heavy atom. The van der Waals surface area contributed by atoms with Crippen LogP contribution in [0.15, 0.2) is 18.2 Å². The predicted molar refractivity (Wildman–Crippen MR) is 54.5 cm³/mol. The molecule has 0 bridgehead atoms. The van der Waals surface area contributed by atoms with E-state index in [0.29, 0.717) is 0 Å². The molecule has 0 fully saturated rings. The van der Waals surface area contributed by atoms with Gasteiger partial charge >= 0.3 is 0 Å². The molecule has 58 valence electrons. The average molecular weight is 170 g/mol. The van der Waals surface area contributed by atoms with Crippen molar-refractivity contribution < 1.29 is 0 Å². The van der Waals surface area contributed by atoms with Crippen molar-refractivity contribution in [2.45, 2.75) is 24.9 Å². The Kier molecular flexibility index (Phi) is 2.09. The Morgan fingerprint density at radius 1 is 1.50 bits per heavy atom. The summed E-state index contributed by atoms with van der Waals surface area (Å²) in [5, 5.41) is 0. The van der Waals surface area contributed by atoms with Crippen LogP contribution in [0.1, 0.15) is 23.1 Å². The van der Waals surface area contributed by atoms with E-state index in [-0.39, 0.29) is 0 Å². The van der Waals surface area contributed by atoms with Crippen LogP contribution in [0.25, 0.3) is 0 Å². The fraction of sp³-hybridized carbons (Fsp3) is 0.400. The summed E-state index contributed by atoms with van der Waals surface area (Å²) in [6.45, 7) is 2.29. The van der Waals surface area contributed by atoms with Crippen molar-refractivity contribution in [3.8, 4) is 0 Å². The van der Waals surface area contributed by atoms with Crippen LogP contribution in [0, 0.1) is 0 Å². The van der Waals surface area contributed by atoms with Crippen LogP contribution in [0.3, 0.4) is 0 Å². The SMILES string of the molecule is [B]c1ccc2c(c1)CCC2[Si]C. The third kappa shape index (κ3) is 1.24. The Balaban J connectivity index is 2.40. The number of fused-ring (bicyclic) bond motifs is 1. The molecular weight excluding hydrogens is 159 g/mol. The smallest absolute Gasteiger partial charge is 0.0964 e. The molecule has 0 aliphatic heterocycles. The van der Waals surface area contributed by atoms with Gasteiger partial charge in [0.15, 0.2) is 0 Å². The third-order valence-electron chi connectivity index (χ3n) is 2.59. The molecule has 0 amide bonds. The molecule has 2 rings (SSSR count). The lowest BCUT2D eigenvalue weighted by Crippen LogP contribution is -2.05. The van der Waals surface area contributed by atoms with Gasteiger partial charge in [-0.15, -0.1) is 0 Å². The number of benzene rings is 1. The quantitative estimate of drug-likeness (QED) is 0.556. The Morgan fingerprint density at radius 2 is 2.33 bits per heavy atom. The summed E-state index contributed by atoms with van der Waals surface area (Å²) in [6.07, 6.45) is 2.56. The van der Waals surface area contributed by atoms with Gasteiger partial charge in [-0.05, 0) is 29.5 Å². The largest absolute Gasteiger partial charge is 0.113 e. The van der Waals surface area contributed by atoms with Crippen LogP contribution in [0.2, 0.25) is 6.55 Å². The summed E-state index contributed by atoms with van der Waals surface area (Å²) in [5.41, 5.74) is 4.76. The minimum atomic E-state index is 0.820. The highest BCUT2D eigenvalue weighted by Crippen LogP contribution is 2.30. The second kappa shape index (κ2) is 3.10. The van der Waals surface area contributed by atoms with Crippen LogP contribution in [-0.4, -0.2) is 17.4 Å². The fourth-order valence-electron chi connectivity index (χ4n) is 1.94. The van der Waals surface area contributed by atoms with E-state index in [0.717, 1.165) is 20.5 Å². The molecule has 0 nitrogen and oxygen atoms in total. The molecule has 4 radical (unpaired) electrons. The van der Waals surface area contributed by atoms with Crippen LogP contribution >= 0.6 is 0 Å². The van der Waals surface area contributed by atoms with Crippen molar-refractivity contribution in [1.82, 2.24) is 0 Å². The molecule has 1 aromatic rings. The summed E-state index contributed by atoms with van der Waals surface area (Å²) in [6, 6.07) is 6.37. The molecule has 12 heavy (non-hydrogen) atoms. The second-order valence-electron chi connectivity index (χ2n) is 3.34. The van der Waals surface area contributed by atoms with Gasteiger partial charge in [-0.2, -0.15) is 0 Å². The van der Waals surface area contributed by atoms with Gasteiger partial charge in [-0.25, -0.2) is 0 Å². The lowest BCUT2D eigenvalue weighted by atomic mass is 9.93. The van der Waals surface area contributed by atoms with Gasteiger partial charge in [0, 0.05) is 9.52 Å². The molecular formula is C10H11BSi. The highest BCUT2D eigenvalue weighted by atomic mass is 28.2.